The molecule has 2 aromatic rings. The fraction of sp³-hybridized carbons (Fsp3) is 0.0833. The molecule has 0 atom stereocenters. The van der Waals surface area contributed by atoms with E-state index in [4.69, 9.17) is 0 Å². The molecule has 1 aromatic carbocycles. The van der Waals surface area contributed by atoms with Crippen molar-refractivity contribution in [3.8, 4) is 11.1 Å². The molecule has 1 heterocycles. The zero-order valence-electron chi connectivity index (χ0n) is 8.49. The van der Waals surface area contributed by atoms with Crippen LogP contribution in [0, 0.1) is 0 Å². The largest absolute Gasteiger partial charge is 0.417 e. The lowest BCUT2D eigenvalue weighted by Crippen LogP contribution is -2.07. The van der Waals surface area contributed by atoms with Crippen LogP contribution in [0.4, 0.5) is 13.2 Å². The monoisotopic (exact) mass is 256 g/mol. The van der Waals surface area contributed by atoms with Crippen molar-refractivity contribution >= 4 is 17.6 Å². The van der Waals surface area contributed by atoms with Crippen molar-refractivity contribution < 1.29 is 18.0 Å². The Labute approximate surface area is 99.5 Å². The molecule has 0 spiro atoms. The molecule has 0 N–H and O–H groups in total. The maximum atomic E-state index is 12.8. The average Bonchev–Trinajstić information content (AvgIpc) is 2.80. The van der Waals surface area contributed by atoms with Crippen LogP contribution in [-0.4, -0.2) is 6.29 Å². The minimum Gasteiger partial charge on any atom is -0.298 e. The number of hydrogen-bond acceptors (Lipinski definition) is 2. The highest BCUT2D eigenvalue weighted by Crippen LogP contribution is 2.38. The van der Waals surface area contributed by atoms with Gasteiger partial charge in [0.05, 0.1) is 5.56 Å². The van der Waals surface area contributed by atoms with Gasteiger partial charge < -0.3 is 0 Å². The van der Waals surface area contributed by atoms with Crippen molar-refractivity contribution in [2.75, 3.05) is 0 Å². The molecule has 0 amide bonds. The molecule has 1 aromatic heterocycles. The zero-order chi connectivity index (χ0) is 12.5. The number of halogens is 3. The van der Waals surface area contributed by atoms with Gasteiger partial charge in [-0.05, 0) is 34.0 Å². The topological polar surface area (TPSA) is 17.1 Å². The summed E-state index contributed by atoms with van der Waals surface area (Å²) in [5, 5.41) is 3.36. The predicted molar refractivity (Wildman–Crippen MR) is 60.1 cm³/mol. The van der Waals surface area contributed by atoms with Gasteiger partial charge in [-0.1, -0.05) is 12.1 Å². The van der Waals surface area contributed by atoms with Crippen LogP contribution in [0.25, 0.3) is 11.1 Å². The molecule has 0 radical (unpaired) electrons. The highest BCUT2D eigenvalue weighted by atomic mass is 32.1. The van der Waals surface area contributed by atoms with Crippen LogP contribution in [-0.2, 0) is 6.18 Å². The number of benzene rings is 1. The summed E-state index contributed by atoms with van der Waals surface area (Å²) in [6.07, 6.45) is -4.05. The SMILES string of the molecule is O=Cc1ccc(-c2ccsc2)c(C(F)(F)F)c1. The second kappa shape index (κ2) is 4.33. The van der Waals surface area contributed by atoms with E-state index >= 15 is 0 Å². The number of alkyl halides is 3. The number of aldehydes is 1. The number of hydrogen-bond donors (Lipinski definition) is 0. The number of carbonyl (C=O) groups is 1. The third kappa shape index (κ3) is 2.39. The van der Waals surface area contributed by atoms with Gasteiger partial charge in [0.1, 0.15) is 6.29 Å². The lowest BCUT2D eigenvalue weighted by Gasteiger charge is -2.12. The Balaban J connectivity index is 2.63. The van der Waals surface area contributed by atoms with Crippen LogP contribution in [0.15, 0.2) is 35.0 Å². The predicted octanol–water partition coefficient (Wildman–Crippen LogP) is 4.25. The van der Waals surface area contributed by atoms with Gasteiger partial charge in [0.2, 0.25) is 0 Å². The first kappa shape index (κ1) is 11.9. The minimum absolute atomic E-state index is 0.0244. The summed E-state index contributed by atoms with van der Waals surface area (Å²) in [7, 11) is 0. The molecule has 1 nitrogen and oxygen atoms in total. The number of rotatable bonds is 2. The molecule has 0 bridgehead atoms. The summed E-state index contributed by atoms with van der Waals surface area (Å²) in [5.74, 6) is 0. The summed E-state index contributed by atoms with van der Waals surface area (Å²) in [4.78, 5) is 10.5. The third-order valence-corrected chi connectivity index (χ3v) is 3.00. The van der Waals surface area contributed by atoms with Gasteiger partial charge in [-0.2, -0.15) is 24.5 Å². The minimum atomic E-state index is -4.46. The summed E-state index contributed by atoms with van der Waals surface area (Å²) in [5.41, 5.74) is -0.138. The molecule has 0 saturated heterocycles. The van der Waals surface area contributed by atoms with E-state index in [1.54, 1.807) is 16.8 Å². The summed E-state index contributed by atoms with van der Waals surface area (Å²) >= 11 is 1.33. The highest BCUT2D eigenvalue weighted by Gasteiger charge is 2.33. The van der Waals surface area contributed by atoms with E-state index in [0.29, 0.717) is 11.8 Å². The third-order valence-electron chi connectivity index (χ3n) is 2.32. The van der Waals surface area contributed by atoms with E-state index in [-0.39, 0.29) is 11.1 Å². The highest BCUT2D eigenvalue weighted by molar-refractivity contribution is 7.08. The molecule has 0 fully saturated rings. The summed E-state index contributed by atoms with van der Waals surface area (Å²) < 4.78 is 38.5. The van der Waals surface area contributed by atoms with E-state index in [1.165, 1.54) is 23.5 Å². The molecular weight excluding hydrogens is 249 g/mol. The van der Waals surface area contributed by atoms with Crippen LogP contribution in [0.1, 0.15) is 15.9 Å². The van der Waals surface area contributed by atoms with Crippen LogP contribution in [0.3, 0.4) is 0 Å². The fourth-order valence-corrected chi connectivity index (χ4v) is 2.20. The van der Waals surface area contributed by atoms with Gasteiger partial charge in [0, 0.05) is 5.56 Å². The van der Waals surface area contributed by atoms with Gasteiger partial charge in [-0.25, -0.2) is 0 Å². The quantitative estimate of drug-likeness (QED) is 0.734. The summed E-state index contributed by atoms with van der Waals surface area (Å²) in [6, 6.07) is 5.21. The van der Waals surface area contributed by atoms with E-state index in [0.717, 1.165) is 6.07 Å². The lowest BCUT2D eigenvalue weighted by molar-refractivity contribution is -0.137. The normalized spacial score (nSPS) is 11.5. The van der Waals surface area contributed by atoms with Gasteiger partial charge in [0.25, 0.3) is 0 Å². The van der Waals surface area contributed by atoms with Crippen molar-refractivity contribution in [1.82, 2.24) is 0 Å². The molecule has 17 heavy (non-hydrogen) atoms. The molecule has 2 rings (SSSR count). The van der Waals surface area contributed by atoms with Crippen LogP contribution >= 0.6 is 11.3 Å². The maximum absolute atomic E-state index is 12.8. The molecular formula is C12H7F3OS. The Morgan fingerprint density at radius 3 is 2.47 bits per heavy atom. The lowest BCUT2D eigenvalue weighted by atomic mass is 9.99. The van der Waals surface area contributed by atoms with Crippen molar-refractivity contribution in [2.45, 2.75) is 6.18 Å². The van der Waals surface area contributed by atoms with E-state index in [1.807, 2.05) is 0 Å². The van der Waals surface area contributed by atoms with Crippen molar-refractivity contribution in [2.24, 2.45) is 0 Å². The van der Waals surface area contributed by atoms with Gasteiger partial charge >= 0.3 is 6.18 Å². The second-order valence-electron chi connectivity index (χ2n) is 3.43. The van der Waals surface area contributed by atoms with Gasteiger partial charge in [-0.3, -0.25) is 4.79 Å². The van der Waals surface area contributed by atoms with Crippen molar-refractivity contribution in [1.29, 1.82) is 0 Å². The zero-order valence-corrected chi connectivity index (χ0v) is 9.31. The molecule has 5 heteroatoms. The Bertz CT molecular complexity index is 529. The first-order valence-corrected chi connectivity index (χ1v) is 5.65. The standard InChI is InChI=1S/C12H7F3OS/c13-12(14,15)11-5-8(6-16)1-2-10(11)9-3-4-17-7-9/h1-7H. The molecule has 88 valence electrons. The van der Waals surface area contributed by atoms with E-state index in [9.17, 15) is 18.0 Å². The first-order chi connectivity index (χ1) is 8.02. The smallest absolute Gasteiger partial charge is 0.298 e. The van der Waals surface area contributed by atoms with Crippen LogP contribution < -0.4 is 0 Å². The van der Waals surface area contributed by atoms with Crippen LogP contribution in [0.5, 0.6) is 0 Å². The molecule has 0 aliphatic carbocycles. The van der Waals surface area contributed by atoms with E-state index in [2.05, 4.69) is 0 Å². The van der Waals surface area contributed by atoms with Crippen LogP contribution in [0.2, 0.25) is 0 Å². The molecule has 0 aliphatic rings. The summed E-state index contributed by atoms with van der Waals surface area (Å²) in [6.45, 7) is 0. The Hall–Kier alpha value is -1.62. The Kier molecular flexibility index (Phi) is 3.02. The van der Waals surface area contributed by atoms with Crippen molar-refractivity contribution in [3.63, 3.8) is 0 Å². The Morgan fingerprint density at radius 1 is 1.18 bits per heavy atom. The molecule has 0 aliphatic heterocycles. The van der Waals surface area contributed by atoms with E-state index < -0.39 is 11.7 Å². The number of carbonyl (C=O) groups excluding carboxylic acids is 1. The van der Waals surface area contributed by atoms with Gasteiger partial charge in [0.15, 0.2) is 0 Å². The first-order valence-electron chi connectivity index (χ1n) is 4.71. The fourth-order valence-electron chi connectivity index (χ4n) is 1.54. The average molecular weight is 256 g/mol. The van der Waals surface area contributed by atoms with Crippen molar-refractivity contribution in [3.05, 3.63) is 46.2 Å². The molecule has 0 saturated carbocycles. The maximum Gasteiger partial charge on any atom is 0.417 e. The molecule has 0 unspecified atom stereocenters. The number of thiophene rings is 1. The second-order valence-corrected chi connectivity index (χ2v) is 4.21. The van der Waals surface area contributed by atoms with Gasteiger partial charge in [-0.15, -0.1) is 0 Å². The Morgan fingerprint density at radius 2 is 1.94 bits per heavy atom.